The van der Waals surface area contributed by atoms with E-state index in [9.17, 15) is 4.79 Å². The molecule has 0 atom stereocenters. The number of benzene rings is 1. The fraction of sp³-hybridized carbons (Fsp3) is 0.111. The van der Waals surface area contributed by atoms with E-state index in [1.54, 1.807) is 55.9 Å². The van der Waals surface area contributed by atoms with Crippen LogP contribution in [0.5, 0.6) is 11.5 Å². The Morgan fingerprint density at radius 3 is 2.46 bits per heavy atom. The first-order chi connectivity index (χ1) is 11.7. The Morgan fingerprint density at radius 2 is 1.75 bits per heavy atom. The van der Waals surface area contributed by atoms with E-state index < -0.39 is 0 Å². The van der Waals surface area contributed by atoms with Gasteiger partial charge in [0.15, 0.2) is 5.76 Å². The van der Waals surface area contributed by atoms with Gasteiger partial charge in [-0.25, -0.2) is 0 Å². The van der Waals surface area contributed by atoms with Crippen molar-refractivity contribution in [2.45, 2.75) is 6.61 Å². The van der Waals surface area contributed by atoms with Gasteiger partial charge in [0.05, 0.1) is 7.11 Å². The molecule has 1 aromatic carbocycles. The van der Waals surface area contributed by atoms with Crippen LogP contribution in [-0.2, 0) is 6.61 Å². The van der Waals surface area contributed by atoms with E-state index in [2.05, 4.69) is 10.3 Å². The average Bonchev–Trinajstić information content (AvgIpc) is 3.10. The predicted octanol–water partition coefficient (Wildman–Crippen LogP) is 3.51. The molecule has 122 valence electrons. The largest absolute Gasteiger partial charge is 0.497 e. The molecule has 1 amide bonds. The summed E-state index contributed by atoms with van der Waals surface area (Å²) in [5.41, 5.74) is 0.655. The zero-order valence-corrected chi connectivity index (χ0v) is 13.1. The Morgan fingerprint density at radius 1 is 1.04 bits per heavy atom. The summed E-state index contributed by atoms with van der Waals surface area (Å²) in [5, 5.41) is 2.73. The highest BCUT2D eigenvalue weighted by Crippen LogP contribution is 2.19. The van der Waals surface area contributed by atoms with Gasteiger partial charge in [-0.1, -0.05) is 0 Å². The molecule has 24 heavy (non-hydrogen) atoms. The number of nitrogens with one attached hydrogen (secondary N) is 1. The van der Waals surface area contributed by atoms with Gasteiger partial charge in [-0.3, -0.25) is 9.78 Å². The topological polar surface area (TPSA) is 73.6 Å². The number of pyridine rings is 1. The molecule has 0 bridgehead atoms. The maximum Gasteiger partial charge on any atom is 0.291 e. The van der Waals surface area contributed by atoms with Crippen molar-refractivity contribution in [2.75, 3.05) is 12.4 Å². The van der Waals surface area contributed by atoms with Crippen molar-refractivity contribution in [1.29, 1.82) is 0 Å². The second-order valence-corrected chi connectivity index (χ2v) is 4.92. The molecule has 1 N–H and O–H groups in total. The molecule has 0 radical (unpaired) electrons. The maximum absolute atomic E-state index is 12.1. The van der Waals surface area contributed by atoms with E-state index in [0.29, 0.717) is 17.2 Å². The molecule has 6 nitrogen and oxygen atoms in total. The van der Waals surface area contributed by atoms with E-state index in [4.69, 9.17) is 13.9 Å². The summed E-state index contributed by atoms with van der Waals surface area (Å²) in [6.07, 6.45) is 3.21. The van der Waals surface area contributed by atoms with Crippen molar-refractivity contribution in [1.82, 2.24) is 4.98 Å². The maximum atomic E-state index is 12.1. The Bertz CT molecular complexity index is 797. The molecule has 0 aliphatic rings. The molecule has 2 aromatic heterocycles. The number of methoxy groups -OCH3 is 1. The van der Waals surface area contributed by atoms with Crippen LogP contribution >= 0.6 is 0 Å². The quantitative estimate of drug-likeness (QED) is 0.751. The predicted molar refractivity (Wildman–Crippen MR) is 88.2 cm³/mol. The van der Waals surface area contributed by atoms with Crippen LogP contribution in [0, 0.1) is 0 Å². The molecule has 0 saturated carbocycles. The molecule has 0 unspecified atom stereocenters. The third-order valence-electron chi connectivity index (χ3n) is 3.26. The first kappa shape index (κ1) is 15.6. The number of nitrogens with zero attached hydrogens (tertiary/aromatic N) is 1. The lowest BCUT2D eigenvalue weighted by molar-refractivity contribution is 0.0992. The van der Waals surface area contributed by atoms with Crippen molar-refractivity contribution >= 4 is 11.6 Å². The van der Waals surface area contributed by atoms with E-state index in [-0.39, 0.29) is 18.3 Å². The first-order valence-electron chi connectivity index (χ1n) is 7.31. The van der Waals surface area contributed by atoms with Crippen LogP contribution in [0.15, 0.2) is 65.3 Å². The lowest BCUT2D eigenvalue weighted by Crippen LogP contribution is -2.10. The Kier molecular flexibility index (Phi) is 4.76. The highest BCUT2D eigenvalue weighted by molar-refractivity contribution is 6.02. The van der Waals surface area contributed by atoms with Gasteiger partial charge in [0.2, 0.25) is 0 Å². The zero-order valence-electron chi connectivity index (χ0n) is 13.1. The van der Waals surface area contributed by atoms with Gasteiger partial charge in [-0.2, -0.15) is 0 Å². The lowest BCUT2D eigenvalue weighted by atomic mass is 10.3. The van der Waals surface area contributed by atoms with Crippen LogP contribution in [0.3, 0.4) is 0 Å². The molecular weight excluding hydrogens is 308 g/mol. The monoisotopic (exact) mass is 324 g/mol. The number of carbonyl (C=O) groups is 1. The molecule has 0 aliphatic heterocycles. The van der Waals surface area contributed by atoms with Crippen LogP contribution in [-0.4, -0.2) is 18.0 Å². The molecule has 2 heterocycles. The minimum absolute atomic E-state index is 0.222. The zero-order chi connectivity index (χ0) is 16.8. The highest BCUT2D eigenvalue weighted by atomic mass is 16.5. The number of anilines is 1. The number of amides is 1. The van der Waals surface area contributed by atoms with Gasteiger partial charge in [0.1, 0.15) is 23.9 Å². The van der Waals surface area contributed by atoms with Crippen molar-refractivity contribution in [3.05, 3.63) is 72.4 Å². The SMILES string of the molecule is COc1ccc(OCc2ccc(C(=O)Nc3ccncc3)o2)cc1. The third-order valence-corrected chi connectivity index (χ3v) is 3.26. The van der Waals surface area contributed by atoms with Crippen LogP contribution in [0.1, 0.15) is 16.3 Å². The standard InChI is InChI=1S/C18H16N2O4/c1-22-14-2-4-15(5-3-14)23-12-16-6-7-17(24-16)18(21)20-13-8-10-19-11-9-13/h2-11H,12H2,1H3,(H,19,20,21). The molecule has 3 aromatic rings. The Labute approximate surface area is 139 Å². The summed E-state index contributed by atoms with van der Waals surface area (Å²) in [7, 11) is 1.61. The second-order valence-electron chi connectivity index (χ2n) is 4.92. The highest BCUT2D eigenvalue weighted by Gasteiger charge is 2.11. The van der Waals surface area contributed by atoms with E-state index in [0.717, 1.165) is 5.75 Å². The van der Waals surface area contributed by atoms with Crippen molar-refractivity contribution in [3.63, 3.8) is 0 Å². The van der Waals surface area contributed by atoms with Crippen LogP contribution in [0.2, 0.25) is 0 Å². The number of ether oxygens (including phenoxy) is 2. The van der Waals surface area contributed by atoms with Crippen molar-refractivity contribution < 1.29 is 18.7 Å². The van der Waals surface area contributed by atoms with Crippen LogP contribution < -0.4 is 14.8 Å². The summed E-state index contributed by atoms with van der Waals surface area (Å²) in [5.74, 6) is 1.91. The first-order valence-corrected chi connectivity index (χ1v) is 7.31. The van der Waals surface area contributed by atoms with Gasteiger partial charge < -0.3 is 19.2 Å². The fourth-order valence-electron chi connectivity index (χ4n) is 2.03. The second kappa shape index (κ2) is 7.32. The average molecular weight is 324 g/mol. The van der Waals surface area contributed by atoms with Gasteiger partial charge in [0.25, 0.3) is 5.91 Å². The van der Waals surface area contributed by atoms with Crippen molar-refractivity contribution in [2.24, 2.45) is 0 Å². The summed E-state index contributed by atoms with van der Waals surface area (Å²) in [6.45, 7) is 0.231. The Balaban J connectivity index is 1.57. The van der Waals surface area contributed by atoms with Crippen LogP contribution in [0.4, 0.5) is 5.69 Å². The Hall–Kier alpha value is -3.28. The van der Waals surface area contributed by atoms with Gasteiger partial charge >= 0.3 is 0 Å². The minimum atomic E-state index is -0.322. The number of hydrogen-bond acceptors (Lipinski definition) is 5. The number of hydrogen-bond donors (Lipinski definition) is 1. The molecule has 6 heteroatoms. The third kappa shape index (κ3) is 3.92. The number of aromatic nitrogens is 1. The molecule has 3 rings (SSSR count). The smallest absolute Gasteiger partial charge is 0.291 e. The summed E-state index contributed by atoms with van der Waals surface area (Å²) in [4.78, 5) is 16.0. The molecular formula is C18H16N2O4. The molecule has 0 spiro atoms. The summed E-state index contributed by atoms with van der Waals surface area (Å²) >= 11 is 0. The fourth-order valence-corrected chi connectivity index (χ4v) is 2.03. The number of rotatable bonds is 6. The molecule has 0 saturated heterocycles. The summed E-state index contributed by atoms with van der Waals surface area (Å²) < 4.78 is 16.2. The van der Waals surface area contributed by atoms with E-state index in [1.807, 2.05) is 12.1 Å². The van der Waals surface area contributed by atoms with E-state index >= 15 is 0 Å². The van der Waals surface area contributed by atoms with Gasteiger partial charge in [-0.05, 0) is 48.5 Å². The minimum Gasteiger partial charge on any atom is -0.497 e. The summed E-state index contributed by atoms with van der Waals surface area (Å²) in [6, 6.07) is 14.0. The number of furan rings is 1. The van der Waals surface area contributed by atoms with Gasteiger partial charge in [0, 0.05) is 18.1 Å². The van der Waals surface area contributed by atoms with Crippen LogP contribution in [0.25, 0.3) is 0 Å². The molecule has 0 fully saturated rings. The van der Waals surface area contributed by atoms with Gasteiger partial charge in [-0.15, -0.1) is 0 Å². The van der Waals surface area contributed by atoms with E-state index in [1.165, 1.54) is 0 Å². The normalized spacial score (nSPS) is 10.2. The van der Waals surface area contributed by atoms with Crippen molar-refractivity contribution in [3.8, 4) is 11.5 Å². The lowest BCUT2D eigenvalue weighted by Gasteiger charge is -2.05. The molecule has 0 aliphatic carbocycles. The number of carbonyl (C=O) groups excluding carboxylic acids is 1.